The summed E-state index contributed by atoms with van der Waals surface area (Å²) in [5.41, 5.74) is 11.0. The van der Waals surface area contributed by atoms with Gasteiger partial charge in [-0.25, -0.2) is 9.97 Å². The predicted octanol–water partition coefficient (Wildman–Crippen LogP) is 7.50. The summed E-state index contributed by atoms with van der Waals surface area (Å²) >= 11 is 0. The number of pyridine rings is 2. The molecule has 0 bridgehead atoms. The summed E-state index contributed by atoms with van der Waals surface area (Å²) in [6, 6.07) is 22.9. The van der Waals surface area contributed by atoms with Crippen molar-refractivity contribution >= 4 is 33.5 Å². The van der Waals surface area contributed by atoms with Crippen molar-refractivity contribution in [3.05, 3.63) is 101 Å². The third-order valence-electron chi connectivity index (χ3n) is 10.1. The molecular formula is C40H39N7O2. The number of rotatable bonds is 8. The van der Waals surface area contributed by atoms with Gasteiger partial charge in [0.25, 0.3) is 0 Å². The molecule has 2 saturated heterocycles. The van der Waals surface area contributed by atoms with Gasteiger partial charge in [-0.05, 0) is 116 Å². The Bertz CT molecular complexity index is 2230. The molecule has 49 heavy (non-hydrogen) atoms. The normalized spacial score (nSPS) is 16.9. The van der Waals surface area contributed by atoms with Crippen LogP contribution in [0.15, 0.2) is 77.5 Å². The van der Waals surface area contributed by atoms with Gasteiger partial charge < -0.3 is 14.8 Å². The molecule has 2 aliphatic rings. The summed E-state index contributed by atoms with van der Waals surface area (Å²) in [5.74, 6) is 1.22. The summed E-state index contributed by atoms with van der Waals surface area (Å²) in [6.07, 6.45) is 6.67. The molecule has 3 aromatic heterocycles. The zero-order valence-corrected chi connectivity index (χ0v) is 27.9. The highest BCUT2D eigenvalue weighted by Crippen LogP contribution is 2.38. The van der Waals surface area contributed by atoms with E-state index < -0.39 is 0 Å². The van der Waals surface area contributed by atoms with E-state index in [0.29, 0.717) is 34.9 Å². The molecule has 0 radical (unpaired) electrons. The average molecular weight is 650 g/mol. The highest BCUT2D eigenvalue weighted by molar-refractivity contribution is 5.93. The molecule has 0 aliphatic carbocycles. The van der Waals surface area contributed by atoms with Crippen molar-refractivity contribution in [3.63, 3.8) is 0 Å². The molecule has 0 spiro atoms. The smallest absolute Gasteiger partial charge is 0.227 e. The van der Waals surface area contributed by atoms with Gasteiger partial charge >= 0.3 is 0 Å². The molecule has 1 atom stereocenters. The number of oxazole rings is 1. The molecule has 8 rings (SSSR count). The van der Waals surface area contributed by atoms with Crippen molar-refractivity contribution in [2.45, 2.75) is 52.3 Å². The number of nitriles is 1. The van der Waals surface area contributed by atoms with Gasteiger partial charge in [-0.15, -0.1) is 0 Å². The lowest BCUT2D eigenvalue weighted by Crippen LogP contribution is -2.21. The summed E-state index contributed by atoms with van der Waals surface area (Å²) in [7, 11) is 0. The Balaban J connectivity index is 1.11. The van der Waals surface area contributed by atoms with Crippen LogP contribution < -0.4 is 5.32 Å². The number of β-amino-alcohol motifs (C(OH)–C–C–N with tert-alkyl or cyclic N) is 1. The van der Waals surface area contributed by atoms with Crippen molar-refractivity contribution in [2.75, 3.05) is 31.5 Å². The van der Waals surface area contributed by atoms with Crippen LogP contribution in [0, 0.1) is 25.2 Å². The highest BCUT2D eigenvalue weighted by atomic mass is 16.3. The molecule has 3 aromatic carbocycles. The van der Waals surface area contributed by atoms with Crippen LogP contribution in [0.5, 0.6) is 0 Å². The SMILES string of the molecule is Cc1c(Nc2nccc3c(CN4CC[C@H](O)C4)ccnc23)cccc1-c1cccc(-c2nc3cc(CN4CCCC4)cc(C#N)c3o2)c1C. The fraction of sp³-hybridized carbons (Fsp3) is 0.300. The number of likely N-dealkylation sites (tertiary alicyclic amines) is 2. The number of hydrogen-bond acceptors (Lipinski definition) is 9. The Kier molecular flexibility index (Phi) is 8.30. The average Bonchev–Trinajstić information content (AvgIpc) is 3.88. The lowest BCUT2D eigenvalue weighted by molar-refractivity contribution is 0.175. The minimum Gasteiger partial charge on any atom is -0.435 e. The monoisotopic (exact) mass is 649 g/mol. The molecule has 2 N–H and O–H groups in total. The first-order chi connectivity index (χ1) is 23.9. The van der Waals surface area contributed by atoms with Gasteiger partial charge in [0, 0.05) is 55.2 Å². The van der Waals surface area contributed by atoms with Crippen LogP contribution in [0.1, 0.15) is 47.1 Å². The second kappa shape index (κ2) is 13.1. The van der Waals surface area contributed by atoms with Crippen LogP contribution in [-0.2, 0) is 13.1 Å². The molecule has 6 aromatic rings. The van der Waals surface area contributed by atoms with Gasteiger partial charge in [0.2, 0.25) is 5.89 Å². The molecule has 2 aliphatic heterocycles. The van der Waals surface area contributed by atoms with Crippen LogP contribution in [0.2, 0.25) is 0 Å². The van der Waals surface area contributed by atoms with Crippen LogP contribution in [0.25, 0.3) is 44.6 Å². The molecule has 246 valence electrons. The molecule has 0 unspecified atom stereocenters. The lowest BCUT2D eigenvalue weighted by Gasteiger charge is -2.18. The molecule has 9 heteroatoms. The van der Waals surface area contributed by atoms with Crippen molar-refractivity contribution in [3.8, 4) is 28.7 Å². The third-order valence-corrected chi connectivity index (χ3v) is 10.1. The minimum absolute atomic E-state index is 0.254. The van der Waals surface area contributed by atoms with E-state index in [1.807, 2.05) is 36.7 Å². The van der Waals surface area contributed by atoms with Crippen molar-refractivity contribution < 1.29 is 9.52 Å². The van der Waals surface area contributed by atoms with Gasteiger partial charge in [-0.3, -0.25) is 14.8 Å². The summed E-state index contributed by atoms with van der Waals surface area (Å²) in [5, 5.41) is 24.6. The molecule has 9 nitrogen and oxygen atoms in total. The molecule has 2 fully saturated rings. The first-order valence-electron chi connectivity index (χ1n) is 17.1. The quantitative estimate of drug-likeness (QED) is 0.173. The van der Waals surface area contributed by atoms with Crippen molar-refractivity contribution in [1.29, 1.82) is 5.26 Å². The second-order valence-electron chi connectivity index (χ2n) is 13.4. The maximum absolute atomic E-state index is 10.0. The first kappa shape index (κ1) is 31.1. The number of nitrogens with zero attached hydrogens (tertiary/aromatic N) is 6. The first-order valence-corrected chi connectivity index (χ1v) is 17.1. The fourth-order valence-corrected chi connectivity index (χ4v) is 7.49. The number of anilines is 2. The zero-order chi connectivity index (χ0) is 33.5. The van der Waals surface area contributed by atoms with Crippen LogP contribution >= 0.6 is 0 Å². The third kappa shape index (κ3) is 6.04. The van der Waals surface area contributed by atoms with Gasteiger partial charge in [-0.2, -0.15) is 5.26 Å². The molecule has 0 saturated carbocycles. The largest absolute Gasteiger partial charge is 0.435 e. The van der Waals surface area contributed by atoms with E-state index in [2.05, 4.69) is 71.4 Å². The summed E-state index contributed by atoms with van der Waals surface area (Å²) in [4.78, 5) is 19.0. The Morgan fingerprint density at radius 2 is 1.67 bits per heavy atom. The van der Waals surface area contributed by atoms with Gasteiger partial charge in [-0.1, -0.05) is 24.3 Å². The maximum atomic E-state index is 10.0. The van der Waals surface area contributed by atoms with E-state index in [-0.39, 0.29) is 6.10 Å². The van der Waals surface area contributed by atoms with E-state index in [9.17, 15) is 10.4 Å². The van der Waals surface area contributed by atoms with E-state index in [4.69, 9.17) is 19.4 Å². The Morgan fingerprint density at radius 1 is 0.898 bits per heavy atom. The Labute approximate surface area is 285 Å². The number of nitrogens with one attached hydrogen (secondary N) is 1. The standard InChI is InChI=1S/C40H39N7O2/c1-25-31(7-5-9-33(25)40-45-36-20-27(22-46-16-3-4-17-46)19-29(21-41)38(36)49-40)32-8-6-10-35(26(32)2)44-39-37-34(12-15-43-39)28(11-14-42-37)23-47-18-13-30(48)24-47/h5-12,14-15,19-20,30,48H,3-4,13,16-18,22-24H2,1-2H3,(H,43,44)/t30-/m0/s1. The minimum atomic E-state index is -0.254. The second-order valence-corrected chi connectivity index (χ2v) is 13.4. The molecule has 5 heterocycles. The van der Waals surface area contributed by atoms with E-state index in [0.717, 1.165) is 89.1 Å². The summed E-state index contributed by atoms with van der Waals surface area (Å²) in [6.45, 7) is 9.57. The van der Waals surface area contributed by atoms with Gasteiger partial charge in [0.1, 0.15) is 17.1 Å². The number of hydrogen-bond donors (Lipinski definition) is 2. The van der Waals surface area contributed by atoms with E-state index in [1.54, 1.807) is 0 Å². The van der Waals surface area contributed by atoms with E-state index >= 15 is 0 Å². The maximum Gasteiger partial charge on any atom is 0.227 e. The Morgan fingerprint density at radius 3 is 2.47 bits per heavy atom. The number of aromatic nitrogens is 3. The van der Waals surface area contributed by atoms with Gasteiger partial charge in [0.05, 0.1) is 11.7 Å². The Hall–Kier alpha value is -5.14. The lowest BCUT2D eigenvalue weighted by atomic mass is 9.93. The molecular weight excluding hydrogens is 610 g/mol. The number of fused-ring (bicyclic) bond motifs is 2. The number of aliphatic hydroxyl groups is 1. The fourth-order valence-electron chi connectivity index (χ4n) is 7.49. The predicted molar refractivity (Wildman–Crippen MR) is 192 cm³/mol. The van der Waals surface area contributed by atoms with Gasteiger partial charge in [0.15, 0.2) is 11.4 Å². The van der Waals surface area contributed by atoms with E-state index in [1.165, 1.54) is 18.4 Å². The zero-order valence-electron chi connectivity index (χ0n) is 27.9. The van der Waals surface area contributed by atoms with Crippen molar-refractivity contribution in [1.82, 2.24) is 24.8 Å². The summed E-state index contributed by atoms with van der Waals surface area (Å²) < 4.78 is 6.31. The van der Waals surface area contributed by atoms with Crippen molar-refractivity contribution in [2.24, 2.45) is 0 Å². The van der Waals surface area contributed by atoms with Crippen LogP contribution in [0.4, 0.5) is 11.5 Å². The molecule has 0 amide bonds. The number of aliphatic hydroxyl groups excluding tert-OH is 1. The van der Waals surface area contributed by atoms with Crippen LogP contribution in [0.3, 0.4) is 0 Å². The van der Waals surface area contributed by atoms with Crippen LogP contribution in [-0.4, -0.2) is 62.1 Å². The number of benzene rings is 3. The topological polar surface area (TPSA) is 114 Å². The highest BCUT2D eigenvalue weighted by Gasteiger charge is 2.22.